The maximum absolute atomic E-state index is 11.6. The second kappa shape index (κ2) is 4.56. The number of carbonyl (C=O) groups is 1. The summed E-state index contributed by atoms with van der Waals surface area (Å²) in [6, 6.07) is 8.03. The van der Waals surface area contributed by atoms with Crippen molar-refractivity contribution in [3.8, 4) is 5.75 Å². The van der Waals surface area contributed by atoms with Crippen molar-refractivity contribution < 1.29 is 9.53 Å². The third-order valence-electron chi connectivity index (χ3n) is 3.25. The average molecular weight is 219 g/mol. The summed E-state index contributed by atoms with van der Waals surface area (Å²) in [5, 5.41) is 0. The lowest BCUT2D eigenvalue weighted by molar-refractivity contribution is -0.132. The Labute approximate surface area is 96.0 Å². The monoisotopic (exact) mass is 219 g/mol. The van der Waals surface area contributed by atoms with Crippen molar-refractivity contribution in [1.29, 1.82) is 0 Å². The number of carbonyl (C=O) groups excluding carboxylic acids is 1. The van der Waals surface area contributed by atoms with Gasteiger partial charge >= 0.3 is 0 Å². The largest absolute Gasteiger partial charge is 0.497 e. The van der Waals surface area contributed by atoms with Crippen LogP contribution in [0, 0.1) is 0 Å². The first-order chi connectivity index (χ1) is 7.70. The summed E-state index contributed by atoms with van der Waals surface area (Å²) < 4.78 is 5.12. The van der Waals surface area contributed by atoms with Crippen LogP contribution in [0.25, 0.3) is 0 Å². The van der Waals surface area contributed by atoms with E-state index in [1.54, 1.807) is 12.0 Å². The molecule has 0 N–H and O–H groups in total. The van der Waals surface area contributed by atoms with Gasteiger partial charge in [0.25, 0.3) is 0 Å². The standard InChI is InChI=1S/C13H17NO2/c1-14-8-7-11(9-13(14)15)10-3-5-12(16-2)6-4-10/h3-6,11H,7-9H2,1-2H3. The molecule has 1 fully saturated rings. The fourth-order valence-corrected chi connectivity index (χ4v) is 2.10. The van der Waals surface area contributed by atoms with E-state index >= 15 is 0 Å². The Kier molecular flexibility index (Phi) is 3.13. The Morgan fingerprint density at radius 3 is 2.56 bits per heavy atom. The van der Waals surface area contributed by atoms with Gasteiger partial charge in [-0.15, -0.1) is 0 Å². The van der Waals surface area contributed by atoms with E-state index in [4.69, 9.17) is 4.74 Å². The molecule has 1 atom stereocenters. The number of hydrogen-bond donors (Lipinski definition) is 0. The van der Waals surface area contributed by atoms with Crippen LogP contribution in [0.4, 0.5) is 0 Å². The molecule has 1 aromatic carbocycles. The van der Waals surface area contributed by atoms with Crippen LogP contribution in [0.3, 0.4) is 0 Å². The highest BCUT2D eigenvalue weighted by molar-refractivity contribution is 5.77. The smallest absolute Gasteiger partial charge is 0.222 e. The molecule has 1 aromatic rings. The molecular formula is C13H17NO2. The molecule has 1 heterocycles. The van der Waals surface area contributed by atoms with Crippen LogP contribution >= 0.6 is 0 Å². The predicted octanol–water partition coefficient (Wildman–Crippen LogP) is 2.03. The molecule has 3 heteroatoms. The molecule has 0 aromatic heterocycles. The summed E-state index contributed by atoms with van der Waals surface area (Å²) in [7, 11) is 3.53. The number of ether oxygens (including phenoxy) is 1. The predicted molar refractivity (Wildman–Crippen MR) is 62.6 cm³/mol. The van der Waals surface area contributed by atoms with E-state index < -0.39 is 0 Å². The molecule has 3 nitrogen and oxygen atoms in total. The van der Waals surface area contributed by atoms with E-state index in [-0.39, 0.29) is 5.91 Å². The minimum atomic E-state index is 0.243. The highest BCUT2D eigenvalue weighted by Crippen LogP contribution is 2.29. The summed E-state index contributed by atoms with van der Waals surface area (Å²) >= 11 is 0. The molecule has 16 heavy (non-hydrogen) atoms. The first-order valence-electron chi connectivity index (χ1n) is 5.58. The number of likely N-dealkylation sites (tertiary alicyclic amines) is 1. The molecule has 0 aliphatic carbocycles. The van der Waals surface area contributed by atoms with Crippen LogP contribution in [-0.4, -0.2) is 31.5 Å². The quantitative estimate of drug-likeness (QED) is 0.761. The zero-order valence-corrected chi connectivity index (χ0v) is 9.77. The molecule has 1 amide bonds. The van der Waals surface area contributed by atoms with Crippen LogP contribution in [0.5, 0.6) is 5.75 Å². The fourth-order valence-electron chi connectivity index (χ4n) is 2.10. The van der Waals surface area contributed by atoms with Crippen LogP contribution in [0.1, 0.15) is 24.3 Å². The van der Waals surface area contributed by atoms with E-state index in [2.05, 4.69) is 12.1 Å². The zero-order chi connectivity index (χ0) is 11.5. The molecule has 1 saturated heterocycles. The maximum atomic E-state index is 11.6. The number of rotatable bonds is 2. The van der Waals surface area contributed by atoms with Gasteiger partial charge in [-0.2, -0.15) is 0 Å². The second-order valence-electron chi connectivity index (χ2n) is 4.28. The molecule has 0 bridgehead atoms. The number of hydrogen-bond acceptors (Lipinski definition) is 2. The Morgan fingerprint density at radius 1 is 1.31 bits per heavy atom. The topological polar surface area (TPSA) is 29.5 Å². The maximum Gasteiger partial charge on any atom is 0.222 e. The van der Waals surface area contributed by atoms with Gasteiger partial charge in [-0.1, -0.05) is 12.1 Å². The van der Waals surface area contributed by atoms with E-state index in [9.17, 15) is 4.79 Å². The fraction of sp³-hybridized carbons (Fsp3) is 0.462. The van der Waals surface area contributed by atoms with Gasteiger partial charge in [-0.3, -0.25) is 4.79 Å². The van der Waals surface area contributed by atoms with Gasteiger partial charge in [-0.05, 0) is 30.0 Å². The Hall–Kier alpha value is -1.51. The van der Waals surface area contributed by atoms with Gasteiger partial charge in [0.1, 0.15) is 5.75 Å². The molecule has 86 valence electrons. The number of nitrogens with zero attached hydrogens (tertiary/aromatic N) is 1. The summed E-state index contributed by atoms with van der Waals surface area (Å²) in [6.07, 6.45) is 1.68. The molecular weight excluding hydrogens is 202 g/mol. The van der Waals surface area contributed by atoms with Crippen molar-refractivity contribution in [3.63, 3.8) is 0 Å². The molecule has 1 aliphatic heterocycles. The van der Waals surface area contributed by atoms with Crippen LogP contribution in [-0.2, 0) is 4.79 Å². The van der Waals surface area contributed by atoms with Crippen LogP contribution in [0.2, 0.25) is 0 Å². The van der Waals surface area contributed by atoms with Crippen molar-refractivity contribution in [1.82, 2.24) is 4.90 Å². The number of methoxy groups -OCH3 is 1. The molecule has 1 aliphatic rings. The molecule has 0 spiro atoms. The Balaban J connectivity index is 2.09. The third-order valence-corrected chi connectivity index (χ3v) is 3.25. The van der Waals surface area contributed by atoms with Gasteiger partial charge in [0.2, 0.25) is 5.91 Å². The van der Waals surface area contributed by atoms with Gasteiger partial charge in [0.15, 0.2) is 0 Å². The van der Waals surface area contributed by atoms with Crippen molar-refractivity contribution in [2.45, 2.75) is 18.8 Å². The van der Waals surface area contributed by atoms with Gasteiger partial charge in [-0.25, -0.2) is 0 Å². The van der Waals surface area contributed by atoms with Gasteiger partial charge in [0, 0.05) is 20.0 Å². The lowest BCUT2D eigenvalue weighted by Crippen LogP contribution is -2.34. The lowest BCUT2D eigenvalue weighted by atomic mass is 9.89. The van der Waals surface area contributed by atoms with Gasteiger partial charge < -0.3 is 9.64 Å². The number of amides is 1. The lowest BCUT2D eigenvalue weighted by Gasteiger charge is -2.29. The first-order valence-corrected chi connectivity index (χ1v) is 5.58. The summed E-state index contributed by atoms with van der Waals surface area (Å²) in [6.45, 7) is 0.857. The van der Waals surface area contributed by atoms with Crippen LogP contribution in [0.15, 0.2) is 24.3 Å². The molecule has 0 saturated carbocycles. The zero-order valence-electron chi connectivity index (χ0n) is 9.77. The highest BCUT2D eigenvalue weighted by atomic mass is 16.5. The minimum absolute atomic E-state index is 0.243. The van der Waals surface area contributed by atoms with Gasteiger partial charge in [0.05, 0.1) is 7.11 Å². The summed E-state index contributed by atoms with van der Waals surface area (Å²) in [4.78, 5) is 13.4. The van der Waals surface area contributed by atoms with Crippen molar-refractivity contribution in [2.24, 2.45) is 0 Å². The van der Waals surface area contributed by atoms with E-state index in [0.29, 0.717) is 12.3 Å². The van der Waals surface area contributed by atoms with E-state index in [0.717, 1.165) is 18.7 Å². The van der Waals surface area contributed by atoms with Crippen molar-refractivity contribution in [2.75, 3.05) is 20.7 Å². The SMILES string of the molecule is COc1ccc(C2CCN(C)C(=O)C2)cc1. The highest BCUT2D eigenvalue weighted by Gasteiger charge is 2.24. The second-order valence-corrected chi connectivity index (χ2v) is 4.28. The third kappa shape index (κ3) is 2.18. The molecule has 0 radical (unpaired) electrons. The normalized spacial score (nSPS) is 21.0. The van der Waals surface area contributed by atoms with E-state index in [1.165, 1.54) is 5.56 Å². The average Bonchev–Trinajstić information content (AvgIpc) is 2.33. The summed E-state index contributed by atoms with van der Waals surface area (Å²) in [5.74, 6) is 1.48. The number of piperidine rings is 1. The Morgan fingerprint density at radius 2 is 2.00 bits per heavy atom. The molecule has 1 unspecified atom stereocenters. The van der Waals surface area contributed by atoms with Crippen molar-refractivity contribution >= 4 is 5.91 Å². The summed E-state index contributed by atoms with van der Waals surface area (Å²) in [5.41, 5.74) is 1.24. The molecule has 2 rings (SSSR count). The first kappa shape index (κ1) is 11.0. The minimum Gasteiger partial charge on any atom is -0.497 e. The Bertz CT molecular complexity index is 372. The van der Waals surface area contributed by atoms with Crippen LogP contribution < -0.4 is 4.74 Å². The van der Waals surface area contributed by atoms with E-state index in [1.807, 2.05) is 19.2 Å². The van der Waals surface area contributed by atoms with Crippen molar-refractivity contribution in [3.05, 3.63) is 29.8 Å². The number of benzene rings is 1.